The zero-order valence-corrected chi connectivity index (χ0v) is 19.2. The van der Waals surface area contributed by atoms with Crippen molar-refractivity contribution in [1.29, 1.82) is 0 Å². The first kappa shape index (κ1) is 21.3. The Kier molecular flexibility index (Phi) is 6.07. The first-order valence-corrected chi connectivity index (χ1v) is 11.9. The minimum Gasteiger partial charge on any atom is -0.455 e. The monoisotopic (exact) mass is 452 g/mol. The summed E-state index contributed by atoms with van der Waals surface area (Å²) in [6, 6.07) is 7.83. The topological polar surface area (TPSA) is 63.3 Å². The summed E-state index contributed by atoms with van der Waals surface area (Å²) in [5, 5.41) is 8.64. The molecular weight excluding hydrogens is 424 g/mol. The van der Waals surface area contributed by atoms with E-state index in [1.165, 1.54) is 24.8 Å². The third-order valence-electron chi connectivity index (χ3n) is 6.57. The van der Waals surface area contributed by atoms with E-state index in [0.29, 0.717) is 18.8 Å². The van der Waals surface area contributed by atoms with Crippen LogP contribution >= 0.6 is 11.6 Å². The Labute approximate surface area is 193 Å². The largest absolute Gasteiger partial charge is 0.455 e. The molecule has 1 amide bonds. The number of nitrogens with zero attached hydrogens (tertiary/aromatic N) is 3. The van der Waals surface area contributed by atoms with Gasteiger partial charge in [0.1, 0.15) is 5.76 Å². The second kappa shape index (κ2) is 9.12. The number of rotatable bonds is 6. The van der Waals surface area contributed by atoms with Gasteiger partial charge in [0.15, 0.2) is 5.76 Å². The van der Waals surface area contributed by atoms with E-state index < -0.39 is 0 Å². The summed E-state index contributed by atoms with van der Waals surface area (Å²) in [6.45, 7) is 6.36. The number of hydrogen-bond donors (Lipinski definition) is 1. The molecule has 7 heteroatoms. The Morgan fingerprint density at radius 1 is 1.19 bits per heavy atom. The van der Waals surface area contributed by atoms with E-state index in [0.717, 1.165) is 65.6 Å². The van der Waals surface area contributed by atoms with Crippen LogP contribution < -0.4 is 5.32 Å². The van der Waals surface area contributed by atoms with E-state index >= 15 is 0 Å². The number of hydrogen-bond acceptors (Lipinski definition) is 4. The summed E-state index contributed by atoms with van der Waals surface area (Å²) >= 11 is 6.33. The van der Waals surface area contributed by atoms with Crippen LogP contribution in [0.15, 0.2) is 34.9 Å². The highest BCUT2D eigenvalue weighted by atomic mass is 35.5. The molecule has 0 saturated carbocycles. The van der Waals surface area contributed by atoms with Gasteiger partial charge in [-0.15, -0.1) is 0 Å². The average molecular weight is 453 g/mol. The van der Waals surface area contributed by atoms with E-state index in [-0.39, 0.29) is 5.91 Å². The molecule has 3 heterocycles. The van der Waals surface area contributed by atoms with Crippen molar-refractivity contribution in [3.63, 3.8) is 0 Å². The number of carbonyl (C=O) groups is 1. The Morgan fingerprint density at radius 3 is 2.81 bits per heavy atom. The molecule has 32 heavy (non-hydrogen) atoms. The van der Waals surface area contributed by atoms with Crippen molar-refractivity contribution < 1.29 is 9.21 Å². The van der Waals surface area contributed by atoms with E-state index in [9.17, 15) is 4.79 Å². The van der Waals surface area contributed by atoms with Gasteiger partial charge < -0.3 is 14.6 Å². The lowest BCUT2D eigenvalue weighted by Crippen LogP contribution is -2.37. The standard InChI is InChI=1S/C25H29ClN4O2/c1-17-22-21(32-24(17)25(31)27-11-14-29-12-5-2-6-13-29)10-9-19-16-30(28-23(19)22)15-18-7-3-4-8-20(18)26/h3-4,7-8,16H,2,5-6,9-15H2,1H3,(H,27,31). The maximum Gasteiger partial charge on any atom is 0.287 e. The Balaban J connectivity index is 1.32. The number of benzene rings is 1. The molecule has 0 radical (unpaired) electrons. The fourth-order valence-electron chi connectivity index (χ4n) is 4.85. The number of furan rings is 1. The summed E-state index contributed by atoms with van der Waals surface area (Å²) in [5.74, 6) is 1.15. The molecule has 1 fully saturated rings. The van der Waals surface area contributed by atoms with Gasteiger partial charge in [-0.3, -0.25) is 9.48 Å². The summed E-state index contributed by atoms with van der Waals surface area (Å²) in [6.07, 6.45) is 7.55. The summed E-state index contributed by atoms with van der Waals surface area (Å²) in [7, 11) is 0. The number of halogens is 1. The number of likely N-dealkylation sites (tertiary alicyclic amines) is 1. The van der Waals surface area contributed by atoms with Crippen LogP contribution in [0.3, 0.4) is 0 Å². The Morgan fingerprint density at radius 2 is 2.00 bits per heavy atom. The summed E-state index contributed by atoms with van der Waals surface area (Å²) in [4.78, 5) is 15.3. The molecule has 6 nitrogen and oxygen atoms in total. The molecule has 1 aromatic carbocycles. The SMILES string of the molecule is Cc1c(C(=O)NCCN2CCCCC2)oc2c1-c1nn(Cc3ccccc3Cl)cc1CC2. The Hall–Kier alpha value is -2.57. The average Bonchev–Trinajstić information content (AvgIpc) is 3.36. The summed E-state index contributed by atoms with van der Waals surface area (Å²) < 4.78 is 7.98. The Bertz CT molecular complexity index is 1130. The lowest BCUT2D eigenvalue weighted by molar-refractivity contribution is 0.0916. The molecule has 168 valence electrons. The van der Waals surface area contributed by atoms with Crippen LogP contribution in [0.1, 0.15) is 52.3 Å². The second-order valence-corrected chi connectivity index (χ2v) is 9.21. The number of piperidine rings is 1. The number of carbonyl (C=O) groups excluding carboxylic acids is 1. The molecule has 3 aromatic rings. The van der Waals surface area contributed by atoms with Gasteiger partial charge in [0.25, 0.3) is 5.91 Å². The van der Waals surface area contributed by atoms with Crippen LogP contribution in [0.25, 0.3) is 11.3 Å². The van der Waals surface area contributed by atoms with Gasteiger partial charge in [-0.2, -0.15) is 5.10 Å². The van der Waals surface area contributed by atoms with Crippen LogP contribution in [-0.2, 0) is 19.4 Å². The highest BCUT2D eigenvalue weighted by Gasteiger charge is 2.29. The van der Waals surface area contributed by atoms with E-state index in [4.69, 9.17) is 21.1 Å². The number of fused-ring (bicyclic) bond motifs is 3. The molecule has 5 rings (SSSR count). The van der Waals surface area contributed by atoms with Crippen molar-refractivity contribution in [2.24, 2.45) is 0 Å². The van der Waals surface area contributed by atoms with Crippen LogP contribution in [0.5, 0.6) is 0 Å². The normalized spacial score (nSPS) is 15.9. The van der Waals surface area contributed by atoms with Gasteiger partial charge in [0.2, 0.25) is 0 Å². The zero-order valence-electron chi connectivity index (χ0n) is 18.5. The molecule has 0 bridgehead atoms. The first-order valence-electron chi connectivity index (χ1n) is 11.5. The summed E-state index contributed by atoms with van der Waals surface area (Å²) in [5.41, 5.74) is 4.99. The fraction of sp³-hybridized carbons (Fsp3) is 0.440. The van der Waals surface area contributed by atoms with Crippen molar-refractivity contribution in [3.8, 4) is 11.3 Å². The number of aromatic nitrogens is 2. The minimum absolute atomic E-state index is 0.133. The smallest absolute Gasteiger partial charge is 0.287 e. The maximum absolute atomic E-state index is 12.9. The van der Waals surface area contributed by atoms with E-state index in [2.05, 4.69) is 16.4 Å². The number of nitrogens with one attached hydrogen (secondary N) is 1. The van der Waals surface area contributed by atoms with Crippen molar-refractivity contribution >= 4 is 17.5 Å². The third-order valence-corrected chi connectivity index (χ3v) is 6.94. The van der Waals surface area contributed by atoms with Crippen molar-refractivity contribution in [1.82, 2.24) is 20.0 Å². The zero-order chi connectivity index (χ0) is 22.1. The minimum atomic E-state index is -0.133. The quantitative estimate of drug-likeness (QED) is 0.599. The first-order chi connectivity index (χ1) is 15.6. The van der Waals surface area contributed by atoms with Crippen molar-refractivity contribution in [2.75, 3.05) is 26.2 Å². The molecule has 0 unspecified atom stereocenters. The van der Waals surface area contributed by atoms with Gasteiger partial charge in [-0.25, -0.2) is 0 Å². The van der Waals surface area contributed by atoms with Crippen molar-refractivity contribution in [2.45, 2.75) is 45.6 Å². The van der Waals surface area contributed by atoms with Gasteiger partial charge in [-0.05, 0) is 56.5 Å². The molecule has 1 saturated heterocycles. The van der Waals surface area contributed by atoms with Gasteiger partial charge in [0.05, 0.1) is 12.2 Å². The maximum atomic E-state index is 12.9. The molecule has 2 aliphatic rings. The number of aryl methyl sites for hydroxylation is 2. The molecule has 1 aliphatic heterocycles. The predicted octanol–water partition coefficient (Wildman–Crippen LogP) is 4.47. The fourth-order valence-corrected chi connectivity index (χ4v) is 5.05. The van der Waals surface area contributed by atoms with Crippen LogP contribution in [0, 0.1) is 6.92 Å². The lowest BCUT2D eigenvalue weighted by atomic mass is 9.93. The molecule has 1 aliphatic carbocycles. The number of amides is 1. The van der Waals surface area contributed by atoms with Gasteiger partial charge in [0, 0.05) is 41.9 Å². The molecule has 0 atom stereocenters. The van der Waals surface area contributed by atoms with Crippen LogP contribution in [0.2, 0.25) is 5.02 Å². The molecule has 2 aromatic heterocycles. The third kappa shape index (κ3) is 4.21. The van der Waals surface area contributed by atoms with E-state index in [1.807, 2.05) is 35.9 Å². The molecular formula is C25H29ClN4O2. The lowest BCUT2D eigenvalue weighted by Gasteiger charge is -2.26. The van der Waals surface area contributed by atoms with Crippen LogP contribution in [0.4, 0.5) is 0 Å². The highest BCUT2D eigenvalue weighted by molar-refractivity contribution is 6.31. The van der Waals surface area contributed by atoms with E-state index in [1.54, 1.807) is 0 Å². The van der Waals surface area contributed by atoms with Gasteiger partial charge >= 0.3 is 0 Å². The molecule has 1 N–H and O–H groups in total. The molecule has 0 spiro atoms. The van der Waals surface area contributed by atoms with Crippen molar-refractivity contribution in [3.05, 3.63) is 63.7 Å². The highest BCUT2D eigenvalue weighted by Crippen LogP contribution is 2.38. The second-order valence-electron chi connectivity index (χ2n) is 8.80. The van der Waals surface area contributed by atoms with Gasteiger partial charge in [-0.1, -0.05) is 36.2 Å². The predicted molar refractivity (Wildman–Crippen MR) is 125 cm³/mol. The van der Waals surface area contributed by atoms with Crippen LogP contribution in [-0.4, -0.2) is 46.8 Å².